The van der Waals surface area contributed by atoms with Gasteiger partial charge >= 0.3 is 0 Å². The van der Waals surface area contributed by atoms with Gasteiger partial charge in [0, 0.05) is 6.54 Å². The summed E-state index contributed by atoms with van der Waals surface area (Å²) >= 11 is 0. The van der Waals surface area contributed by atoms with Crippen LogP contribution in [-0.2, 0) is 0 Å². The Morgan fingerprint density at radius 2 is 2.09 bits per heavy atom. The van der Waals surface area contributed by atoms with E-state index in [-0.39, 0.29) is 0 Å². The molecule has 0 bridgehead atoms. The molecule has 0 saturated heterocycles. The van der Waals surface area contributed by atoms with Gasteiger partial charge in [0.05, 0.1) is 0 Å². The summed E-state index contributed by atoms with van der Waals surface area (Å²) < 4.78 is 12.7. The lowest BCUT2D eigenvalue weighted by Crippen LogP contribution is -2.02. The third-order valence-corrected chi connectivity index (χ3v) is 1.74. The number of hydrogen-bond acceptors (Lipinski definition) is 1. The molecule has 11 heavy (non-hydrogen) atoms. The summed E-state index contributed by atoms with van der Waals surface area (Å²) in [4.78, 5) is 0. The predicted octanol–water partition coefficient (Wildman–Crippen LogP) is 1.73. The van der Waals surface area contributed by atoms with Gasteiger partial charge in [-0.3, -0.25) is 0 Å². The van der Waals surface area contributed by atoms with Crippen molar-refractivity contribution in [3.8, 4) is 0 Å². The molecule has 1 unspecified atom stereocenters. The zero-order chi connectivity index (χ0) is 8.27. The van der Waals surface area contributed by atoms with Crippen molar-refractivity contribution >= 4 is 0 Å². The van der Waals surface area contributed by atoms with Crippen LogP contribution in [0.5, 0.6) is 0 Å². The quantitative estimate of drug-likeness (QED) is 0.610. The maximum atomic E-state index is 12.7. The monoisotopic (exact) mass is 153 g/mol. The van der Waals surface area contributed by atoms with Crippen molar-refractivity contribution < 1.29 is 4.39 Å². The molecule has 1 aliphatic carbocycles. The van der Waals surface area contributed by atoms with Crippen molar-refractivity contribution in [1.82, 2.24) is 0 Å². The molecule has 0 saturated carbocycles. The molecule has 1 atom stereocenters. The number of rotatable bonds is 1. The maximum Gasteiger partial charge on any atom is 0.137 e. The molecule has 1 aliphatic rings. The van der Waals surface area contributed by atoms with Gasteiger partial charge in [-0.15, -0.1) is 0 Å². The van der Waals surface area contributed by atoms with Gasteiger partial charge < -0.3 is 5.73 Å². The molecule has 2 heteroatoms. The Hall–Kier alpha value is -0.890. The Morgan fingerprint density at radius 1 is 1.45 bits per heavy atom. The third kappa shape index (κ3) is 2.02. The maximum absolute atomic E-state index is 12.7. The summed E-state index contributed by atoms with van der Waals surface area (Å²) in [6.45, 7) is 2.40. The summed E-state index contributed by atoms with van der Waals surface area (Å²) in [5, 5.41) is 0. The van der Waals surface area contributed by atoms with Gasteiger partial charge in [0.25, 0.3) is 0 Å². The molecule has 0 aliphatic heterocycles. The van der Waals surface area contributed by atoms with Gasteiger partial charge in [0.1, 0.15) is 6.17 Å². The second-order valence-electron chi connectivity index (χ2n) is 2.58. The Kier molecular flexibility index (Phi) is 2.60. The fourth-order valence-electron chi connectivity index (χ4n) is 0.976. The van der Waals surface area contributed by atoms with Crippen LogP contribution in [0.4, 0.5) is 4.39 Å². The molecule has 0 aromatic carbocycles. The van der Waals surface area contributed by atoms with E-state index in [1.54, 1.807) is 12.2 Å². The molecule has 0 radical (unpaired) electrons. The second-order valence-corrected chi connectivity index (χ2v) is 2.58. The molecule has 60 valence electrons. The summed E-state index contributed by atoms with van der Waals surface area (Å²) in [6, 6.07) is 0. The first-order valence-corrected chi connectivity index (χ1v) is 3.64. The molecule has 0 spiro atoms. The van der Waals surface area contributed by atoms with Crippen LogP contribution in [0.25, 0.3) is 0 Å². The number of alkyl halides is 1. The van der Waals surface area contributed by atoms with Crippen molar-refractivity contribution in [3.05, 3.63) is 35.5 Å². The normalized spacial score (nSPS) is 24.1. The van der Waals surface area contributed by atoms with Crippen LogP contribution in [0.2, 0.25) is 0 Å². The van der Waals surface area contributed by atoms with Crippen molar-refractivity contribution in [2.24, 2.45) is 5.73 Å². The number of allylic oxidation sites excluding steroid dienone is 4. The van der Waals surface area contributed by atoms with Crippen LogP contribution in [0.3, 0.4) is 0 Å². The molecule has 1 nitrogen and oxygen atoms in total. The van der Waals surface area contributed by atoms with Gasteiger partial charge in [0.2, 0.25) is 0 Å². The van der Waals surface area contributed by atoms with E-state index < -0.39 is 6.17 Å². The first kappa shape index (κ1) is 8.21. The summed E-state index contributed by atoms with van der Waals surface area (Å²) in [6.07, 6.45) is 5.59. The van der Waals surface area contributed by atoms with Gasteiger partial charge in [-0.05, 0) is 30.2 Å². The summed E-state index contributed by atoms with van der Waals surface area (Å²) in [5.41, 5.74) is 7.49. The van der Waals surface area contributed by atoms with E-state index in [0.717, 1.165) is 11.1 Å². The Morgan fingerprint density at radius 3 is 2.73 bits per heavy atom. The minimum absolute atomic E-state index is 0.472. The van der Waals surface area contributed by atoms with Crippen molar-refractivity contribution in [2.75, 3.05) is 6.54 Å². The number of hydrogen-bond donors (Lipinski definition) is 1. The van der Waals surface area contributed by atoms with Crippen LogP contribution in [-0.4, -0.2) is 12.7 Å². The Bertz CT molecular complexity index is 226. The van der Waals surface area contributed by atoms with Crippen molar-refractivity contribution in [3.63, 3.8) is 0 Å². The van der Waals surface area contributed by atoms with Crippen LogP contribution in [0.1, 0.15) is 6.92 Å². The Balaban J connectivity index is 2.90. The van der Waals surface area contributed by atoms with Gasteiger partial charge in [0.15, 0.2) is 0 Å². The smallest absolute Gasteiger partial charge is 0.137 e. The first-order valence-electron chi connectivity index (χ1n) is 3.64. The van der Waals surface area contributed by atoms with E-state index >= 15 is 0 Å². The predicted molar refractivity (Wildman–Crippen MR) is 44.9 cm³/mol. The Labute approximate surface area is 66.1 Å². The zero-order valence-corrected chi connectivity index (χ0v) is 6.55. The second kappa shape index (κ2) is 3.49. The first-order chi connectivity index (χ1) is 5.24. The van der Waals surface area contributed by atoms with Gasteiger partial charge in [-0.25, -0.2) is 4.39 Å². The van der Waals surface area contributed by atoms with E-state index in [9.17, 15) is 4.39 Å². The SMILES string of the molecule is CC1=C(CN)C=CC(F)C=C1. The molecular weight excluding hydrogens is 141 g/mol. The fourth-order valence-corrected chi connectivity index (χ4v) is 0.976. The van der Waals surface area contributed by atoms with E-state index in [2.05, 4.69) is 0 Å². The highest BCUT2D eigenvalue weighted by molar-refractivity contribution is 5.36. The average molecular weight is 153 g/mol. The lowest BCUT2D eigenvalue weighted by molar-refractivity contribution is 0.469. The molecule has 1 rings (SSSR count). The molecular formula is C9H12FN. The topological polar surface area (TPSA) is 26.0 Å². The zero-order valence-electron chi connectivity index (χ0n) is 6.55. The molecule has 0 heterocycles. The van der Waals surface area contributed by atoms with Crippen LogP contribution in [0.15, 0.2) is 35.5 Å². The minimum Gasteiger partial charge on any atom is -0.326 e. The highest BCUT2D eigenvalue weighted by atomic mass is 19.1. The van der Waals surface area contributed by atoms with Crippen molar-refractivity contribution in [2.45, 2.75) is 13.1 Å². The van der Waals surface area contributed by atoms with Crippen molar-refractivity contribution in [1.29, 1.82) is 0 Å². The fraction of sp³-hybridized carbons (Fsp3) is 0.333. The van der Waals surface area contributed by atoms with Crippen LogP contribution < -0.4 is 5.73 Å². The van der Waals surface area contributed by atoms with E-state index in [1.165, 1.54) is 12.2 Å². The third-order valence-electron chi connectivity index (χ3n) is 1.74. The van der Waals surface area contributed by atoms with Crippen LogP contribution >= 0.6 is 0 Å². The standard InChI is InChI=1S/C9H12FN/c1-7-2-4-9(10)5-3-8(7)6-11/h2-5,9H,6,11H2,1H3. The van der Waals surface area contributed by atoms with Crippen LogP contribution in [0, 0.1) is 0 Å². The number of halogens is 1. The average Bonchev–Trinajstić information content (AvgIpc) is 2.15. The largest absolute Gasteiger partial charge is 0.326 e. The summed E-state index contributed by atoms with van der Waals surface area (Å²) in [5.74, 6) is 0. The molecule has 0 amide bonds. The van der Waals surface area contributed by atoms with E-state index in [4.69, 9.17) is 5.73 Å². The number of nitrogens with two attached hydrogens (primary N) is 1. The highest BCUT2D eigenvalue weighted by Gasteiger charge is 2.01. The molecule has 2 N–H and O–H groups in total. The minimum atomic E-state index is -0.964. The van der Waals surface area contributed by atoms with E-state index in [1.807, 2.05) is 6.92 Å². The molecule has 0 fully saturated rings. The molecule has 0 aromatic heterocycles. The highest BCUT2D eigenvalue weighted by Crippen LogP contribution is 2.12. The van der Waals surface area contributed by atoms with Gasteiger partial charge in [-0.1, -0.05) is 12.2 Å². The summed E-state index contributed by atoms with van der Waals surface area (Å²) in [7, 11) is 0. The lowest BCUT2D eigenvalue weighted by Gasteiger charge is -1.97. The molecule has 0 aromatic rings. The lowest BCUT2D eigenvalue weighted by atomic mass is 10.1. The van der Waals surface area contributed by atoms with E-state index in [0.29, 0.717) is 6.54 Å². The van der Waals surface area contributed by atoms with Gasteiger partial charge in [-0.2, -0.15) is 0 Å².